The summed E-state index contributed by atoms with van der Waals surface area (Å²) in [6.07, 6.45) is 0. The van der Waals surface area contributed by atoms with Crippen LogP contribution in [-0.2, 0) is 6.54 Å². The molecule has 2 aromatic heterocycles. The summed E-state index contributed by atoms with van der Waals surface area (Å²) in [5.74, 6) is 0.224. The highest BCUT2D eigenvalue weighted by Crippen LogP contribution is 2.29. The zero-order chi connectivity index (χ0) is 16.4. The standard InChI is InChI=1S/C14H15N5O3S/c1-19(2)6-11-15-9(7-23-11)14(20)16-8-4-5-10(21-3)13-12(8)17-22-18-13/h4-5,7H,6H2,1-3H3,(H,16,20). The summed E-state index contributed by atoms with van der Waals surface area (Å²) >= 11 is 1.45. The molecule has 0 aliphatic heterocycles. The fourth-order valence-corrected chi connectivity index (χ4v) is 2.95. The topological polar surface area (TPSA) is 93.4 Å². The highest BCUT2D eigenvalue weighted by atomic mass is 32.1. The highest BCUT2D eigenvalue weighted by Gasteiger charge is 2.17. The second-order valence-electron chi connectivity index (χ2n) is 5.10. The van der Waals surface area contributed by atoms with E-state index in [1.807, 2.05) is 19.0 Å². The Morgan fingerprint density at radius 1 is 1.35 bits per heavy atom. The maximum atomic E-state index is 12.3. The Morgan fingerprint density at radius 3 is 2.87 bits per heavy atom. The lowest BCUT2D eigenvalue weighted by Gasteiger charge is -2.06. The maximum Gasteiger partial charge on any atom is 0.275 e. The van der Waals surface area contributed by atoms with Crippen molar-refractivity contribution in [3.63, 3.8) is 0 Å². The van der Waals surface area contributed by atoms with Crippen LogP contribution in [0.25, 0.3) is 11.0 Å². The largest absolute Gasteiger partial charge is 0.494 e. The van der Waals surface area contributed by atoms with Gasteiger partial charge in [0.05, 0.1) is 12.8 Å². The van der Waals surface area contributed by atoms with Crippen LogP contribution in [0.15, 0.2) is 22.1 Å². The highest BCUT2D eigenvalue weighted by molar-refractivity contribution is 7.09. The van der Waals surface area contributed by atoms with Crippen molar-refractivity contribution < 1.29 is 14.2 Å². The average molecular weight is 333 g/mol. The van der Waals surface area contributed by atoms with Gasteiger partial charge < -0.3 is 15.0 Å². The molecule has 0 unspecified atom stereocenters. The molecule has 0 aliphatic rings. The molecule has 0 saturated heterocycles. The van der Waals surface area contributed by atoms with Crippen molar-refractivity contribution in [1.29, 1.82) is 0 Å². The molecule has 8 nitrogen and oxygen atoms in total. The molecule has 0 bridgehead atoms. The van der Waals surface area contributed by atoms with Crippen molar-refractivity contribution in [3.05, 3.63) is 28.2 Å². The van der Waals surface area contributed by atoms with Crippen LogP contribution in [0.3, 0.4) is 0 Å². The first-order chi connectivity index (χ1) is 11.1. The molecule has 1 N–H and O–H groups in total. The summed E-state index contributed by atoms with van der Waals surface area (Å²) < 4.78 is 9.91. The van der Waals surface area contributed by atoms with Gasteiger partial charge in [-0.1, -0.05) is 0 Å². The van der Waals surface area contributed by atoms with Crippen LogP contribution in [-0.4, -0.2) is 47.3 Å². The number of nitrogens with zero attached hydrogens (tertiary/aromatic N) is 4. The molecule has 3 aromatic rings. The number of nitrogens with one attached hydrogen (secondary N) is 1. The van der Waals surface area contributed by atoms with E-state index >= 15 is 0 Å². The molecule has 2 heterocycles. The molecule has 0 aliphatic carbocycles. The summed E-state index contributed by atoms with van der Waals surface area (Å²) in [4.78, 5) is 18.7. The number of aromatic nitrogens is 3. The van der Waals surface area contributed by atoms with Gasteiger partial charge in [-0.25, -0.2) is 9.61 Å². The van der Waals surface area contributed by atoms with Gasteiger partial charge in [0.1, 0.15) is 10.7 Å². The second-order valence-corrected chi connectivity index (χ2v) is 6.04. The Kier molecular flexibility index (Phi) is 4.22. The molecule has 120 valence electrons. The Balaban J connectivity index is 1.83. The molecule has 0 atom stereocenters. The Morgan fingerprint density at radius 2 is 2.13 bits per heavy atom. The van der Waals surface area contributed by atoms with E-state index in [1.165, 1.54) is 18.4 Å². The SMILES string of the molecule is COc1ccc(NC(=O)c2csc(CN(C)C)n2)c2nonc12. The van der Waals surface area contributed by atoms with Gasteiger partial charge in [0.2, 0.25) is 0 Å². The summed E-state index contributed by atoms with van der Waals surface area (Å²) in [5, 5.41) is 13.0. The first-order valence-corrected chi connectivity index (χ1v) is 7.66. The molecule has 1 amide bonds. The van der Waals surface area contributed by atoms with Crippen LogP contribution in [0, 0.1) is 0 Å². The number of hydrogen-bond donors (Lipinski definition) is 1. The van der Waals surface area contributed by atoms with Gasteiger partial charge in [0, 0.05) is 11.9 Å². The van der Waals surface area contributed by atoms with E-state index in [9.17, 15) is 4.79 Å². The third kappa shape index (κ3) is 3.15. The van der Waals surface area contributed by atoms with Gasteiger partial charge in [-0.05, 0) is 36.5 Å². The molecular formula is C14H15N5O3S. The van der Waals surface area contributed by atoms with E-state index in [2.05, 4.69) is 20.6 Å². The first kappa shape index (κ1) is 15.4. The van der Waals surface area contributed by atoms with E-state index in [0.717, 1.165) is 5.01 Å². The number of methoxy groups -OCH3 is 1. The van der Waals surface area contributed by atoms with Crippen LogP contribution in [0.4, 0.5) is 5.69 Å². The minimum atomic E-state index is -0.305. The predicted molar refractivity (Wildman–Crippen MR) is 85.8 cm³/mol. The summed E-state index contributed by atoms with van der Waals surface area (Å²) in [6, 6.07) is 3.39. The smallest absolute Gasteiger partial charge is 0.275 e. The maximum absolute atomic E-state index is 12.3. The predicted octanol–water partition coefficient (Wildman–Crippen LogP) is 2.00. The number of benzene rings is 1. The van der Waals surface area contributed by atoms with Crippen LogP contribution in [0.2, 0.25) is 0 Å². The number of carbonyl (C=O) groups excluding carboxylic acids is 1. The Labute approximate surface area is 136 Å². The number of amides is 1. The van der Waals surface area contributed by atoms with Gasteiger partial charge >= 0.3 is 0 Å². The molecule has 0 saturated carbocycles. The van der Waals surface area contributed by atoms with Crippen molar-refractivity contribution in [2.24, 2.45) is 0 Å². The van der Waals surface area contributed by atoms with Crippen molar-refractivity contribution in [2.45, 2.75) is 6.54 Å². The summed E-state index contributed by atoms with van der Waals surface area (Å²) in [5.41, 5.74) is 1.75. The molecule has 23 heavy (non-hydrogen) atoms. The van der Waals surface area contributed by atoms with Gasteiger partial charge in [0.15, 0.2) is 16.8 Å². The second kappa shape index (κ2) is 6.31. The third-order valence-electron chi connectivity index (χ3n) is 3.08. The lowest BCUT2D eigenvalue weighted by molar-refractivity contribution is 0.102. The number of fused-ring (bicyclic) bond motifs is 1. The minimum absolute atomic E-state index is 0.305. The lowest BCUT2D eigenvalue weighted by atomic mass is 10.2. The Bertz CT molecular complexity index is 842. The fourth-order valence-electron chi connectivity index (χ4n) is 2.05. The monoisotopic (exact) mass is 333 g/mol. The first-order valence-electron chi connectivity index (χ1n) is 6.78. The number of ether oxygens (including phenoxy) is 1. The summed E-state index contributed by atoms with van der Waals surface area (Å²) in [6.45, 7) is 0.692. The zero-order valence-electron chi connectivity index (χ0n) is 12.9. The minimum Gasteiger partial charge on any atom is -0.494 e. The molecule has 9 heteroatoms. The van der Waals surface area contributed by atoms with E-state index in [-0.39, 0.29) is 5.91 Å². The van der Waals surface area contributed by atoms with E-state index in [4.69, 9.17) is 9.37 Å². The van der Waals surface area contributed by atoms with Crippen LogP contribution >= 0.6 is 11.3 Å². The van der Waals surface area contributed by atoms with E-state index in [1.54, 1.807) is 17.5 Å². The molecule has 3 rings (SSSR count). The van der Waals surface area contributed by atoms with Crippen LogP contribution in [0.1, 0.15) is 15.5 Å². The van der Waals surface area contributed by atoms with Gasteiger partial charge in [-0.2, -0.15) is 0 Å². The van der Waals surface area contributed by atoms with Gasteiger partial charge in [-0.3, -0.25) is 4.79 Å². The van der Waals surface area contributed by atoms with Crippen molar-refractivity contribution in [3.8, 4) is 5.75 Å². The lowest BCUT2D eigenvalue weighted by Crippen LogP contribution is -2.14. The average Bonchev–Trinajstić information content (AvgIpc) is 3.16. The molecule has 0 spiro atoms. The van der Waals surface area contributed by atoms with Crippen molar-refractivity contribution in [2.75, 3.05) is 26.5 Å². The molecule has 1 aromatic carbocycles. The number of anilines is 1. The molecule has 0 radical (unpaired) electrons. The van der Waals surface area contributed by atoms with E-state index in [0.29, 0.717) is 34.7 Å². The number of thiazole rings is 1. The van der Waals surface area contributed by atoms with Crippen LogP contribution < -0.4 is 10.1 Å². The normalized spacial score (nSPS) is 11.1. The molecule has 0 fully saturated rings. The fraction of sp³-hybridized carbons (Fsp3) is 0.286. The van der Waals surface area contributed by atoms with Crippen LogP contribution in [0.5, 0.6) is 5.75 Å². The zero-order valence-corrected chi connectivity index (χ0v) is 13.7. The third-order valence-corrected chi connectivity index (χ3v) is 3.92. The van der Waals surface area contributed by atoms with Gasteiger partial charge in [0.25, 0.3) is 5.91 Å². The van der Waals surface area contributed by atoms with Crippen molar-refractivity contribution >= 4 is 34.0 Å². The Hall–Kier alpha value is -2.52. The van der Waals surface area contributed by atoms with Gasteiger partial charge in [-0.15, -0.1) is 11.3 Å². The van der Waals surface area contributed by atoms with E-state index < -0.39 is 0 Å². The van der Waals surface area contributed by atoms with Crippen molar-refractivity contribution in [1.82, 2.24) is 20.2 Å². The number of rotatable bonds is 5. The number of carbonyl (C=O) groups is 1. The molecular weight excluding hydrogens is 318 g/mol. The quantitative estimate of drug-likeness (QED) is 0.763. The number of hydrogen-bond acceptors (Lipinski definition) is 8. The summed E-state index contributed by atoms with van der Waals surface area (Å²) in [7, 11) is 5.43.